The van der Waals surface area contributed by atoms with Gasteiger partial charge in [-0.25, -0.2) is 0 Å². The van der Waals surface area contributed by atoms with Crippen molar-refractivity contribution in [1.29, 1.82) is 0 Å². The van der Waals surface area contributed by atoms with Crippen molar-refractivity contribution in [1.82, 2.24) is 4.90 Å². The molecule has 0 atom stereocenters. The van der Waals surface area contributed by atoms with Crippen LogP contribution in [0.4, 0.5) is 5.69 Å². The molecule has 1 fully saturated rings. The Morgan fingerprint density at radius 2 is 1.50 bits per heavy atom. The van der Waals surface area contributed by atoms with Crippen LogP contribution in [0.5, 0.6) is 0 Å². The van der Waals surface area contributed by atoms with Crippen LogP contribution in [-0.2, 0) is 9.59 Å². The second kappa shape index (κ2) is 9.45. The number of carbonyl (C=O) groups is 2. The number of hydrogen-bond acceptors (Lipinski definition) is 2. The fourth-order valence-electron chi connectivity index (χ4n) is 3.50. The fourth-order valence-corrected chi connectivity index (χ4v) is 3.50. The third-order valence-corrected chi connectivity index (χ3v) is 4.79. The maximum atomic E-state index is 12.7. The van der Waals surface area contributed by atoms with Gasteiger partial charge in [0.05, 0.1) is 0 Å². The van der Waals surface area contributed by atoms with Crippen LogP contribution < -0.4 is 5.32 Å². The first-order valence-electron chi connectivity index (χ1n) is 9.30. The van der Waals surface area contributed by atoms with Gasteiger partial charge in [-0.05, 0) is 50.7 Å². The summed E-state index contributed by atoms with van der Waals surface area (Å²) in [5, 5.41) is 2.98. The Morgan fingerprint density at radius 3 is 2.04 bits per heavy atom. The van der Waals surface area contributed by atoms with E-state index < -0.39 is 0 Å². The van der Waals surface area contributed by atoms with Crippen molar-refractivity contribution in [3.05, 3.63) is 30.3 Å². The molecular weight excluding hydrogens is 300 g/mol. The lowest BCUT2D eigenvalue weighted by Crippen LogP contribution is -2.39. The minimum atomic E-state index is 0.0278. The number of benzene rings is 1. The average molecular weight is 330 g/mol. The first-order valence-corrected chi connectivity index (χ1v) is 9.30. The van der Waals surface area contributed by atoms with Gasteiger partial charge < -0.3 is 10.2 Å². The van der Waals surface area contributed by atoms with Crippen molar-refractivity contribution >= 4 is 17.5 Å². The van der Waals surface area contributed by atoms with E-state index in [-0.39, 0.29) is 17.7 Å². The van der Waals surface area contributed by atoms with Gasteiger partial charge in [0.1, 0.15) is 0 Å². The van der Waals surface area contributed by atoms with Crippen LogP contribution in [0.1, 0.15) is 52.4 Å². The van der Waals surface area contributed by atoms with Gasteiger partial charge in [-0.2, -0.15) is 0 Å². The van der Waals surface area contributed by atoms with E-state index in [2.05, 4.69) is 19.2 Å². The Bertz CT molecular complexity index is 516. The maximum absolute atomic E-state index is 12.7. The van der Waals surface area contributed by atoms with E-state index in [0.717, 1.165) is 57.3 Å². The molecule has 24 heavy (non-hydrogen) atoms. The zero-order valence-electron chi connectivity index (χ0n) is 15.0. The molecule has 4 heteroatoms. The number of rotatable bonds is 7. The van der Waals surface area contributed by atoms with E-state index in [9.17, 15) is 9.59 Å². The average Bonchev–Trinajstić information content (AvgIpc) is 2.62. The highest BCUT2D eigenvalue weighted by molar-refractivity contribution is 5.92. The van der Waals surface area contributed by atoms with E-state index in [1.165, 1.54) is 0 Å². The van der Waals surface area contributed by atoms with Crippen LogP contribution in [0.25, 0.3) is 0 Å². The molecule has 1 aliphatic carbocycles. The summed E-state index contributed by atoms with van der Waals surface area (Å²) in [4.78, 5) is 27.1. The summed E-state index contributed by atoms with van der Waals surface area (Å²) in [7, 11) is 0. The predicted octanol–water partition coefficient (Wildman–Crippen LogP) is 4.08. The van der Waals surface area contributed by atoms with Gasteiger partial charge in [0, 0.05) is 30.6 Å². The highest BCUT2D eigenvalue weighted by atomic mass is 16.2. The van der Waals surface area contributed by atoms with Crippen LogP contribution >= 0.6 is 0 Å². The number of anilines is 1. The highest BCUT2D eigenvalue weighted by Gasteiger charge is 2.31. The minimum Gasteiger partial charge on any atom is -0.342 e. The predicted molar refractivity (Wildman–Crippen MR) is 97.7 cm³/mol. The van der Waals surface area contributed by atoms with Gasteiger partial charge in [0.15, 0.2) is 0 Å². The molecule has 0 aromatic heterocycles. The molecule has 1 aromatic rings. The SMILES string of the molecule is CCCN(CCC)C(=O)C1CCC(C(=O)Nc2ccccc2)CC1. The highest BCUT2D eigenvalue weighted by Crippen LogP contribution is 2.31. The number of amides is 2. The number of para-hydroxylation sites is 1. The smallest absolute Gasteiger partial charge is 0.227 e. The van der Waals surface area contributed by atoms with Gasteiger partial charge in [0.25, 0.3) is 0 Å². The van der Waals surface area contributed by atoms with Gasteiger partial charge in [0.2, 0.25) is 11.8 Å². The molecule has 0 radical (unpaired) electrons. The number of nitrogens with one attached hydrogen (secondary N) is 1. The number of carbonyl (C=O) groups excluding carboxylic acids is 2. The molecule has 2 rings (SSSR count). The lowest BCUT2D eigenvalue weighted by Gasteiger charge is -2.31. The molecule has 1 aromatic carbocycles. The summed E-state index contributed by atoms with van der Waals surface area (Å²) >= 11 is 0. The largest absolute Gasteiger partial charge is 0.342 e. The van der Waals surface area contributed by atoms with Crippen molar-refractivity contribution in [3.63, 3.8) is 0 Å². The summed E-state index contributed by atoms with van der Waals surface area (Å²) in [5.41, 5.74) is 0.845. The van der Waals surface area contributed by atoms with Crippen LogP contribution in [0.15, 0.2) is 30.3 Å². The van der Waals surface area contributed by atoms with Crippen molar-refractivity contribution in [2.24, 2.45) is 11.8 Å². The fraction of sp³-hybridized carbons (Fsp3) is 0.600. The molecule has 0 saturated heterocycles. The van der Waals surface area contributed by atoms with Crippen LogP contribution in [0.3, 0.4) is 0 Å². The van der Waals surface area contributed by atoms with E-state index in [0.29, 0.717) is 5.91 Å². The Labute approximate surface area is 145 Å². The summed E-state index contributed by atoms with van der Waals surface area (Å²) in [6.07, 6.45) is 5.27. The third kappa shape index (κ3) is 5.08. The molecule has 0 spiro atoms. The van der Waals surface area contributed by atoms with Crippen molar-refractivity contribution < 1.29 is 9.59 Å². The lowest BCUT2D eigenvalue weighted by atomic mass is 9.80. The second-order valence-corrected chi connectivity index (χ2v) is 6.73. The standard InChI is InChI=1S/C20H30N2O2/c1-3-14-22(15-4-2)20(24)17-12-10-16(11-13-17)19(23)21-18-8-6-5-7-9-18/h5-9,16-17H,3-4,10-15H2,1-2H3,(H,21,23). The molecular formula is C20H30N2O2. The molecule has 1 N–H and O–H groups in total. The maximum Gasteiger partial charge on any atom is 0.227 e. The van der Waals surface area contributed by atoms with E-state index in [4.69, 9.17) is 0 Å². The zero-order valence-corrected chi connectivity index (χ0v) is 15.0. The topological polar surface area (TPSA) is 49.4 Å². The Kier molecular flexibility index (Phi) is 7.29. The molecule has 0 unspecified atom stereocenters. The molecule has 2 amide bonds. The second-order valence-electron chi connectivity index (χ2n) is 6.73. The van der Waals surface area contributed by atoms with Crippen LogP contribution in [0.2, 0.25) is 0 Å². The molecule has 1 aliphatic rings. The van der Waals surface area contributed by atoms with Crippen LogP contribution in [-0.4, -0.2) is 29.8 Å². The molecule has 0 heterocycles. The van der Waals surface area contributed by atoms with E-state index in [1.807, 2.05) is 35.2 Å². The molecule has 0 aliphatic heterocycles. The molecule has 1 saturated carbocycles. The first-order chi connectivity index (χ1) is 11.7. The van der Waals surface area contributed by atoms with Gasteiger partial charge in [-0.1, -0.05) is 32.0 Å². The molecule has 132 valence electrons. The van der Waals surface area contributed by atoms with E-state index >= 15 is 0 Å². The monoisotopic (exact) mass is 330 g/mol. The normalized spacial score (nSPS) is 20.4. The summed E-state index contributed by atoms with van der Waals surface area (Å²) in [5.74, 6) is 0.510. The third-order valence-electron chi connectivity index (χ3n) is 4.79. The Hall–Kier alpha value is -1.84. The molecule has 0 bridgehead atoms. The van der Waals surface area contributed by atoms with E-state index in [1.54, 1.807) is 0 Å². The number of nitrogens with zero attached hydrogens (tertiary/aromatic N) is 1. The first kappa shape index (κ1) is 18.5. The molecule has 4 nitrogen and oxygen atoms in total. The number of hydrogen-bond donors (Lipinski definition) is 1. The van der Waals surface area contributed by atoms with Crippen molar-refractivity contribution in [2.75, 3.05) is 18.4 Å². The summed E-state index contributed by atoms with van der Waals surface area (Å²) in [6.45, 7) is 5.92. The summed E-state index contributed by atoms with van der Waals surface area (Å²) in [6, 6.07) is 9.58. The van der Waals surface area contributed by atoms with Crippen molar-refractivity contribution in [2.45, 2.75) is 52.4 Å². The van der Waals surface area contributed by atoms with Crippen molar-refractivity contribution in [3.8, 4) is 0 Å². The Morgan fingerprint density at radius 1 is 0.958 bits per heavy atom. The minimum absolute atomic E-state index is 0.0278. The van der Waals surface area contributed by atoms with Crippen LogP contribution in [0, 0.1) is 11.8 Å². The lowest BCUT2D eigenvalue weighted by molar-refractivity contribution is -0.138. The van der Waals surface area contributed by atoms with Gasteiger partial charge >= 0.3 is 0 Å². The zero-order chi connectivity index (χ0) is 17.4. The van der Waals surface area contributed by atoms with Gasteiger partial charge in [-0.15, -0.1) is 0 Å². The quantitative estimate of drug-likeness (QED) is 0.819. The Balaban J connectivity index is 1.84. The summed E-state index contributed by atoms with van der Waals surface area (Å²) < 4.78 is 0. The van der Waals surface area contributed by atoms with Gasteiger partial charge in [-0.3, -0.25) is 9.59 Å².